The molecule has 2 aromatic heterocycles. The van der Waals surface area contributed by atoms with Gasteiger partial charge in [-0.3, -0.25) is 14.6 Å². The Hall–Kier alpha value is -1.22. The molecule has 1 amide bonds. The molecular formula is C20H21Cl2N3O2S2. The first-order chi connectivity index (χ1) is 13.9. The maximum Gasteiger partial charge on any atom is 0.262 e. The summed E-state index contributed by atoms with van der Waals surface area (Å²) in [6.45, 7) is 8.59. The molecule has 0 N–H and O–H groups in total. The SMILES string of the molecule is Cc1ccc2sc(N(CCN3CCOCC3)C(=O)c3cc(Cl)sc3Cl)nc2c1C. The molecule has 0 bridgehead atoms. The maximum atomic E-state index is 13.4. The maximum absolute atomic E-state index is 13.4. The zero-order chi connectivity index (χ0) is 20.5. The van der Waals surface area contributed by atoms with E-state index in [1.807, 2.05) is 0 Å². The summed E-state index contributed by atoms with van der Waals surface area (Å²) in [6.07, 6.45) is 0. The van der Waals surface area contributed by atoms with Gasteiger partial charge in [-0.2, -0.15) is 0 Å². The van der Waals surface area contributed by atoms with Crippen molar-refractivity contribution < 1.29 is 9.53 Å². The largest absolute Gasteiger partial charge is 0.379 e. The van der Waals surface area contributed by atoms with Gasteiger partial charge < -0.3 is 4.74 Å². The third-order valence-electron chi connectivity index (χ3n) is 5.18. The highest BCUT2D eigenvalue weighted by molar-refractivity contribution is 7.22. The number of halogens is 2. The Kier molecular flexibility index (Phi) is 6.44. The zero-order valence-electron chi connectivity index (χ0n) is 16.2. The Morgan fingerprint density at radius 3 is 2.69 bits per heavy atom. The fraction of sp³-hybridized carbons (Fsp3) is 0.400. The number of anilines is 1. The molecule has 0 saturated carbocycles. The molecule has 1 aromatic carbocycles. The van der Waals surface area contributed by atoms with E-state index in [1.54, 1.807) is 11.0 Å². The fourth-order valence-electron chi connectivity index (χ4n) is 3.31. The summed E-state index contributed by atoms with van der Waals surface area (Å²) in [5.74, 6) is -0.167. The predicted octanol–water partition coefficient (Wildman–Crippen LogP) is 5.26. The minimum absolute atomic E-state index is 0.167. The van der Waals surface area contributed by atoms with E-state index in [0.717, 1.165) is 48.6 Å². The van der Waals surface area contributed by atoms with Crippen LogP contribution in [0.2, 0.25) is 8.67 Å². The van der Waals surface area contributed by atoms with Gasteiger partial charge >= 0.3 is 0 Å². The summed E-state index contributed by atoms with van der Waals surface area (Å²) in [6, 6.07) is 5.80. The first-order valence-corrected chi connectivity index (χ1v) is 11.8. The number of aryl methyl sites for hydroxylation is 2. The van der Waals surface area contributed by atoms with Gasteiger partial charge in [0.1, 0.15) is 4.34 Å². The smallest absolute Gasteiger partial charge is 0.262 e. The normalized spacial score (nSPS) is 15.2. The van der Waals surface area contributed by atoms with Crippen molar-refractivity contribution in [2.45, 2.75) is 13.8 Å². The highest BCUT2D eigenvalue weighted by Crippen LogP contribution is 2.36. The number of nitrogens with zero attached hydrogens (tertiary/aromatic N) is 3. The molecule has 3 heterocycles. The lowest BCUT2D eigenvalue weighted by atomic mass is 10.1. The number of fused-ring (bicyclic) bond motifs is 1. The molecule has 1 fully saturated rings. The summed E-state index contributed by atoms with van der Waals surface area (Å²) in [7, 11) is 0. The van der Waals surface area contributed by atoms with E-state index in [-0.39, 0.29) is 5.91 Å². The van der Waals surface area contributed by atoms with Crippen LogP contribution in [0.4, 0.5) is 5.13 Å². The highest BCUT2D eigenvalue weighted by Gasteiger charge is 2.26. The minimum Gasteiger partial charge on any atom is -0.379 e. The van der Waals surface area contributed by atoms with E-state index in [1.165, 1.54) is 28.2 Å². The van der Waals surface area contributed by atoms with Crippen molar-refractivity contribution in [3.8, 4) is 0 Å². The number of rotatable bonds is 5. The number of hydrogen-bond donors (Lipinski definition) is 0. The number of amides is 1. The number of ether oxygens (including phenoxy) is 1. The summed E-state index contributed by atoms with van der Waals surface area (Å²) < 4.78 is 7.41. The summed E-state index contributed by atoms with van der Waals surface area (Å²) in [4.78, 5) is 22.3. The van der Waals surface area contributed by atoms with E-state index in [0.29, 0.717) is 25.9 Å². The Morgan fingerprint density at radius 1 is 1.24 bits per heavy atom. The number of thiazole rings is 1. The third-order valence-corrected chi connectivity index (χ3v) is 7.71. The molecule has 0 aliphatic carbocycles. The lowest BCUT2D eigenvalue weighted by molar-refractivity contribution is 0.0391. The molecular weight excluding hydrogens is 449 g/mol. The molecule has 0 unspecified atom stereocenters. The number of hydrogen-bond acceptors (Lipinski definition) is 6. The number of thiophene rings is 1. The lowest BCUT2D eigenvalue weighted by Crippen LogP contribution is -2.43. The van der Waals surface area contributed by atoms with E-state index in [2.05, 4.69) is 30.9 Å². The molecule has 29 heavy (non-hydrogen) atoms. The zero-order valence-corrected chi connectivity index (χ0v) is 19.4. The van der Waals surface area contributed by atoms with E-state index in [4.69, 9.17) is 32.9 Å². The van der Waals surface area contributed by atoms with Crippen LogP contribution in [-0.2, 0) is 4.74 Å². The Labute approximate surface area is 187 Å². The first-order valence-electron chi connectivity index (χ1n) is 9.37. The molecule has 0 radical (unpaired) electrons. The average molecular weight is 470 g/mol. The topological polar surface area (TPSA) is 45.7 Å². The van der Waals surface area contributed by atoms with Crippen LogP contribution in [0.25, 0.3) is 10.2 Å². The van der Waals surface area contributed by atoms with Gasteiger partial charge in [0.05, 0.1) is 33.3 Å². The number of carbonyl (C=O) groups is 1. The van der Waals surface area contributed by atoms with Gasteiger partial charge in [0.25, 0.3) is 5.91 Å². The van der Waals surface area contributed by atoms with Crippen LogP contribution in [0.5, 0.6) is 0 Å². The van der Waals surface area contributed by atoms with Gasteiger partial charge in [0, 0.05) is 26.2 Å². The number of benzene rings is 1. The second kappa shape index (κ2) is 8.88. The Balaban J connectivity index is 1.68. The van der Waals surface area contributed by atoms with Crippen LogP contribution >= 0.6 is 45.9 Å². The highest BCUT2D eigenvalue weighted by atomic mass is 35.5. The molecule has 4 rings (SSSR count). The first kappa shape index (κ1) is 21.0. The number of aromatic nitrogens is 1. The summed E-state index contributed by atoms with van der Waals surface area (Å²) in [5, 5.41) is 0.686. The molecule has 1 saturated heterocycles. The van der Waals surface area contributed by atoms with E-state index >= 15 is 0 Å². The van der Waals surface area contributed by atoms with Gasteiger partial charge in [0.15, 0.2) is 5.13 Å². The molecule has 1 aliphatic rings. The third kappa shape index (κ3) is 4.45. The quantitative estimate of drug-likeness (QED) is 0.510. The summed E-state index contributed by atoms with van der Waals surface area (Å²) in [5.41, 5.74) is 3.70. The molecule has 1 aliphatic heterocycles. The van der Waals surface area contributed by atoms with Crippen LogP contribution in [0.3, 0.4) is 0 Å². The molecule has 0 spiro atoms. The molecule has 9 heteroatoms. The van der Waals surface area contributed by atoms with E-state index < -0.39 is 0 Å². The standard InChI is InChI=1S/C20H21Cl2N3O2S2/c1-12-3-4-15-17(13(12)2)23-20(28-15)25(6-5-24-7-9-27-10-8-24)19(26)14-11-16(21)29-18(14)22/h3-4,11H,5-10H2,1-2H3. The number of carbonyl (C=O) groups excluding carboxylic acids is 1. The van der Waals surface area contributed by atoms with Gasteiger partial charge in [-0.05, 0) is 37.1 Å². The second-order valence-corrected chi connectivity index (χ2v) is 10.3. The molecule has 0 atom stereocenters. The van der Waals surface area contributed by atoms with Crippen molar-refractivity contribution in [1.29, 1.82) is 0 Å². The van der Waals surface area contributed by atoms with Crippen LogP contribution < -0.4 is 4.90 Å². The monoisotopic (exact) mass is 469 g/mol. The molecule has 154 valence electrons. The van der Waals surface area contributed by atoms with Crippen molar-refractivity contribution >= 4 is 67.1 Å². The van der Waals surface area contributed by atoms with E-state index in [9.17, 15) is 4.79 Å². The Bertz CT molecular complexity index is 1040. The molecule has 5 nitrogen and oxygen atoms in total. The number of morpholine rings is 1. The average Bonchev–Trinajstić information content (AvgIpc) is 3.29. The van der Waals surface area contributed by atoms with Crippen LogP contribution in [0, 0.1) is 13.8 Å². The van der Waals surface area contributed by atoms with Crippen molar-refractivity contribution in [2.75, 3.05) is 44.3 Å². The van der Waals surface area contributed by atoms with Gasteiger partial charge in [-0.25, -0.2) is 4.98 Å². The summed E-state index contributed by atoms with van der Waals surface area (Å²) >= 11 is 15.1. The van der Waals surface area contributed by atoms with Crippen molar-refractivity contribution in [2.24, 2.45) is 0 Å². The second-order valence-electron chi connectivity index (χ2n) is 7.00. The fourth-order valence-corrected chi connectivity index (χ4v) is 5.81. The van der Waals surface area contributed by atoms with Gasteiger partial charge in [-0.1, -0.05) is 40.6 Å². The van der Waals surface area contributed by atoms with Crippen molar-refractivity contribution in [1.82, 2.24) is 9.88 Å². The van der Waals surface area contributed by atoms with Crippen molar-refractivity contribution in [3.05, 3.63) is 43.6 Å². The van der Waals surface area contributed by atoms with Crippen LogP contribution in [0.15, 0.2) is 18.2 Å². The Morgan fingerprint density at radius 2 is 2.00 bits per heavy atom. The predicted molar refractivity (Wildman–Crippen MR) is 122 cm³/mol. The molecule has 3 aromatic rings. The van der Waals surface area contributed by atoms with Gasteiger partial charge in [0.2, 0.25) is 0 Å². The minimum atomic E-state index is -0.167. The van der Waals surface area contributed by atoms with Crippen LogP contribution in [-0.4, -0.2) is 55.2 Å². The van der Waals surface area contributed by atoms with Crippen LogP contribution in [0.1, 0.15) is 21.5 Å². The lowest BCUT2D eigenvalue weighted by Gasteiger charge is -2.29. The van der Waals surface area contributed by atoms with Crippen molar-refractivity contribution in [3.63, 3.8) is 0 Å². The van der Waals surface area contributed by atoms with Gasteiger partial charge in [-0.15, -0.1) is 11.3 Å².